The van der Waals surface area contributed by atoms with Crippen LogP contribution in [0.2, 0.25) is 0 Å². The minimum absolute atomic E-state index is 0.380. The van der Waals surface area contributed by atoms with E-state index in [0.717, 1.165) is 5.92 Å². The van der Waals surface area contributed by atoms with Crippen LogP contribution in [0.5, 0.6) is 0 Å². The van der Waals surface area contributed by atoms with Gasteiger partial charge in [0.05, 0.1) is 0 Å². The zero-order valence-electron chi connectivity index (χ0n) is 14.4. The fraction of sp³-hybridized carbons (Fsp3) is 0.476. The summed E-state index contributed by atoms with van der Waals surface area (Å²) in [4.78, 5) is 4.33. The summed E-state index contributed by atoms with van der Waals surface area (Å²) in [6.45, 7) is 9.41. The molecule has 1 heteroatoms. The van der Waals surface area contributed by atoms with Crippen LogP contribution in [0.25, 0.3) is 0 Å². The van der Waals surface area contributed by atoms with Gasteiger partial charge >= 0.3 is 0 Å². The molecule has 1 aromatic heterocycles. The van der Waals surface area contributed by atoms with Crippen LogP contribution in [-0.4, -0.2) is 4.98 Å². The Morgan fingerprint density at radius 3 is 2.14 bits per heavy atom. The molecule has 0 saturated carbocycles. The first-order valence-electron chi connectivity index (χ1n) is 8.47. The predicted molar refractivity (Wildman–Crippen MR) is 95.0 cm³/mol. The molecular weight excluding hydrogens is 266 g/mol. The molecule has 1 nitrogen and oxygen atoms in total. The molecule has 0 fully saturated rings. The number of aromatic nitrogens is 1. The first-order valence-corrected chi connectivity index (χ1v) is 8.47. The minimum atomic E-state index is 0.380. The van der Waals surface area contributed by atoms with Crippen LogP contribution in [-0.2, 0) is 0 Å². The zero-order valence-corrected chi connectivity index (χ0v) is 14.4. The molecule has 118 valence electrons. The highest BCUT2D eigenvalue weighted by Crippen LogP contribution is 2.37. The highest BCUT2D eigenvalue weighted by atomic mass is 14.6. The molecule has 0 saturated heterocycles. The van der Waals surface area contributed by atoms with Crippen LogP contribution in [0.15, 0.2) is 54.9 Å². The average molecular weight is 295 g/mol. The normalized spacial score (nSPS) is 14.5. The zero-order chi connectivity index (χ0) is 16.0. The second-order valence-electron chi connectivity index (χ2n) is 7.30. The van der Waals surface area contributed by atoms with Crippen LogP contribution in [0, 0.1) is 11.3 Å². The predicted octanol–water partition coefficient (Wildman–Crippen LogP) is 6.07. The topological polar surface area (TPSA) is 12.9 Å². The van der Waals surface area contributed by atoms with E-state index in [0.29, 0.717) is 11.3 Å². The maximum absolute atomic E-state index is 4.33. The smallest absolute Gasteiger partial charge is 0.0306 e. The quantitative estimate of drug-likeness (QED) is 0.630. The monoisotopic (exact) mass is 295 g/mol. The van der Waals surface area contributed by atoms with Gasteiger partial charge in [0, 0.05) is 18.3 Å². The minimum Gasteiger partial charge on any atom is -0.264 e. The maximum atomic E-state index is 4.33. The van der Waals surface area contributed by atoms with E-state index < -0.39 is 0 Å². The third kappa shape index (κ3) is 4.43. The second-order valence-corrected chi connectivity index (χ2v) is 7.30. The lowest BCUT2D eigenvalue weighted by Crippen LogP contribution is -2.20. The largest absolute Gasteiger partial charge is 0.264 e. The molecule has 22 heavy (non-hydrogen) atoms. The van der Waals surface area contributed by atoms with Crippen molar-refractivity contribution in [1.82, 2.24) is 4.98 Å². The van der Waals surface area contributed by atoms with Crippen molar-refractivity contribution in [2.45, 2.75) is 52.9 Å². The van der Waals surface area contributed by atoms with Gasteiger partial charge in [-0.2, -0.15) is 0 Å². The maximum Gasteiger partial charge on any atom is 0.0306 e. The summed E-state index contributed by atoms with van der Waals surface area (Å²) in [7, 11) is 0. The summed E-state index contributed by atoms with van der Waals surface area (Å²) in [5.41, 5.74) is 3.11. The van der Waals surface area contributed by atoms with E-state index in [-0.39, 0.29) is 0 Å². The Labute approximate surface area is 135 Å². The van der Waals surface area contributed by atoms with Crippen LogP contribution >= 0.6 is 0 Å². The van der Waals surface area contributed by atoms with Gasteiger partial charge in [0.1, 0.15) is 0 Å². The van der Waals surface area contributed by atoms with E-state index in [1.54, 1.807) is 0 Å². The van der Waals surface area contributed by atoms with Crippen LogP contribution in [0.1, 0.15) is 64.0 Å². The van der Waals surface area contributed by atoms with Gasteiger partial charge in [-0.15, -0.1) is 0 Å². The van der Waals surface area contributed by atoms with E-state index in [1.165, 1.54) is 30.4 Å². The fourth-order valence-electron chi connectivity index (χ4n) is 3.41. The van der Waals surface area contributed by atoms with Crippen LogP contribution in [0.4, 0.5) is 0 Å². The Morgan fingerprint density at radius 1 is 0.909 bits per heavy atom. The Morgan fingerprint density at radius 2 is 1.59 bits per heavy atom. The molecule has 1 heterocycles. The van der Waals surface area contributed by atoms with Crippen molar-refractivity contribution in [3.63, 3.8) is 0 Å². The molecule has 1 aromatic carbocycles. The average Bonchev–Trinajstić information content (AvgIpc) is 2.52. The molecule has 0 amide bonds. The second kappa shape index (κ2) is 7.58. The highest BCUT2D eigenvalue weighted by molar-refractivity contribution is 5.30. The van der Waals surface area contributed by atoms with Gasteiger partial charge in [0.15, 0.2) is 0 Å². The van der Waals surface area contributed by atoms with Crippen molar-refractivity contribution >= 4 is 0 Å². The van der Waals surface area contributed by atoms with Gasteiger partial charge in [-0.3, -0.25) is 4.98 Å². The SMILES string of the molecule is CCC(CCC(c1ccccc1)c1cccnc1)C(C)(C)C. The molecule has 2 aromatic rings. The number of hydrogen-bond acceptors (Lipinski definition) is 1. The van der Waals surface area contributed by atoms with Crippen molar-refractivity contribution in [2.75, 3.05) is 0 Å². The van der Waals surface area contributed by atoms with Crippen LogP contribution in [0.3, 0.4) is 0 Å². The summed E-state index contributed by atoms with van der Waals surface area (Å²) in [6, 6.07) is 15.1. The van der Waals surface area contributed by atoms with Crippen molar-refractivity contribution < 1.29 is 0 Å². The number of nitrogens with zero attached hydrogens (tertiary/aromatic N) is 1. The van der Waals surface area contributed by atoms with Gasteiger partial charge in [-0.25, -0.2) is 0 Å². The Hall–Kier alpha value is -1.63. The van der Waals surface area contributed by atoms with E-state index >= 15 is 0 Å². The lowest BCUT2D eigenvalue weighted by molar-refractivity contribution is 0.212. The van der Waals surface area contributed by atoms with E-state index in [2.05, 4.69) is 69.1 Å². The number of rotatable bonds is 6. The summed E-state index contributed by atoms with van der Waals surface area (Å²) in [6.07, 6.45) is 7.57. The lowest BCUT2D eigenvalue weighted by atomic mass is 9.74. The van der Waals surface area contributed by atoms with Gasteiger partial charge in [0.2, 0.25) is 0 Å². The highest BCUT2D eigenvalue weighted by Gasteiger charge is 2.24. The standard InChI is InChI=1S/C21H29N/c1-5-19(21(2,3)4)13-14-20(17-10-7-6-8-11-17)18-12-9-15-22-16-18/h6-12,15-16,19-20H,5,13-14H2,1-4H3. The van der Waals surface area contributed by atoms with Gasteiger partial charge in [-0.1, -0.05) is 70.5 Å². The first kappa shape index (κ1) is 16.7. The Bertz CT molecular complexity index is 500. The Balaban J connectivity index is 2.19. The van der Waals surface area contributed by atoms with E-state index in [9.17, 15) is 0 Å². The Kier molecular flexibility index (Phi) is 5.76. The molecule has 2 atom stereocenters. The van der Waals surface area contributed by atoms with E-state index in [1.807, 2.05) is 18.5 Å². The van der Waals surface area contributed by atoms with E-state index in [4.69, 9.17) is 0 Å². The first-order chi connectivity index (χ1) is 10.5. The van der Waals surface area contributed by atoms with Crippen molar-refractivity contribution in [1.29, 1.82) is 0 Å². The van der Waals surface area contributed by atoms with Gasteiger partial charge in [0.25, 0.3) is 0 Å². The van der Waals surface area contributed by atoms with Crippen LogP contribution < -0.4 is 0 Å². The summed E-state index contributed by atoms with van der Waals surface area (Å²) in [5, 5.41) is 0. The molecule has 0 radical (unpaired) electrons. The number of pyridine rings is 1. The molecule has 0 aliphatic rings. The molecule has 2 rings (SSSR count). The molecule has 0 N–H and O–H groups in total. The summed E-state index contributed by atoms with van der Waals surface area (Å²) in [5.74, 6) is 1.21. The van der Waals surface area contributed by atoms with Crippen molar-refractivity contribution in [2.24, 2.45) is 11.3 Å². The lowest BCUT2D eigenvalue weighted by Gasteiger charge is -2.31. The molecule has 0 aliphatic heterocycles. The third-order valence-corrected chi connectivity index (χ3v) is 4.81. The third-order valence-electron chi connectivity index (χ3n) is 4.81. The molecule has 0 aliphatic carbocycles. The molecule has 0 spiro atoms. The number of benzene rings is 1. The van der Waals surface area contributed by atoms with Gasteiger partial charge < -0.3 is 0 Å². The summed E-state index contributed by atoms with van der Waals surface area (Å²) < 4.78 is 0. The van der Waals surface area contributed by atoms with Crippen molar-refractivity contribution in [3.8, 4) is 0 Å². The molecule has 2 unspecified atom stereocenters. The molecular formula is C21H29N. The van der Waals surface area contributed by atoms with Crippen molar-refractivity contribution in [3.05, 3.63) is 66.0 Å². The number of hydrogen-bond donors (Lipinski definition) is 0. The fourth-order valence-corrected chi connectivity index (χ4v) is 3.41. The molecule has 0 bridgehead atoms. The van der Waals surface area contributed by atoms with Gasteiger partial charge in [-0.05, 0) is 41.4 Å². The summed E-state index contributed by atoms with van der Waals surface area (Å²) >= 11 is 0.